The summed E-state index contributed by atoms with van der Waals surface area (Å²) < 4.78 is 4.89. The molecule has 0 unspecified atom stereocenters. The van der Waals surface area contributed by atoms with Gasteiger partial charge in [-0.1, -0.05) is 12.1 Å². The van der Waals surface area contributed by atoms with E-state index in [0.29, 0.717) is 37.8 Å². The first-order chi connectivity index (χ1) is 13.0. The van der Waals surface area contributed by atoms with E-state index in [-0.39, 0.29) is 18.4 Å². The summed E-state index contributed by atoms with van der Waals surface area (Å²) in [4.78, 5) is 29.6. The van der Waals surface area contributed by atoms with Crippen LogP contribution in [0.3, 0.4) is 0 Å². The van der Waals surface area contributed by atoms with Crippen molar-refractivity contribution in [2.24, 2.45) is 4.99 Å². The van der Waals surface area contributed by atoms with E-state index in [4.69, 9.17) is 4.74 Å². The quantitative estimate of drug-likeness (QED) is 0.309. The largest absolute Gasteiger partial charge is 0.383 e. The van der Waals surface area contributed by atoms with Crippen molar-refractivity contribution >= 4 is 17.8 Å². The van der Waals surface area contributed by atoms with Crippen LogP contribution in [-0.4, -0.2) is 76.7 Å². The lowest BCUT2D eigenvalue weighted by molar-refractivity contribution is -0.119. The van der Waals surface area contributed by atoms with Gasteiger partial charge in [0.15, 0.2) is 5.96 Å². The van der Waals surface area contributed by atoms with Gasteiger partial charge in [0.05, 0.1) is 6.61 Å². The van der Waals surface area contributed by atoms with Crippen molar-refractivity contribution in [3.05, 3.63) is 35.4 Å². The maximum absolute atomic E-state index is 12.0. The summed E-state index contributed by atoms with van der Waals surface area (Å²) in [5, 5.41) is 9.04. The van der Waals surface area contributed by atoms with Gasteiger partial charge in [-0.25, -0.2) is 4.99 Å². The molecule has 0 saturated carbocycles. The molecule has 0 bridgehead atoms. The Bertz CT molecular complexity index is 632. The van der Waals surface area contributed by atoms with Gasteiger partial charge in [-0.05, 0) is 31.0 Å². The summed E-state index contributed by atoms with van der Waals surface area (Å²) in [6.45, 7) is 4.29. The number of rotatable bonds is 10. The fourth-order valence-corrected chi connectivity index (χ4v) is 2.28. The molecule has 2 amide bonds. The molecule has 3 N–H and O–H groups in total. The first kappa shape index (κ1) is 22.4. The van der Waals surface area contributed by atoms with Crippen molar-refractivity contribution in [2.75, 3.05) is 54.0 Å². The second-order valence-electron chi connectivity index (χ2n) is 6.11. The number of benzene rings is 1. The van der Waals surface area contributed by atoms with Crippen LogP contribution in [0, 0.1) is 0 Å². The van der Waals surface area contributed by atoms with E-state index in [0.717, 1.165) is 12.0 Å². The Hall–Kier alpha value is -2.61. The third-order valence-corrected chi connectivity index (χ3v) is 3.64. The Labute approximate surface area is 161 Å². The summed E-state index contributed by atoms with van der Waals surface area (Å²) in [5.74, 6) is 0.415. The molecule has 0 radical (unpaired) electrons. The predicted molar refractivity (Wildman–Crippen MR) is 107 cm³/mol. The summed E-state index contributed by atoms with van der Waals surface area (Å²) in [7, 11) is 5.06. The van der Waals surface area contributed by atoms with E-state index in [9.17, 15) is 9.59 Å². The van der Waals surface area contributed by atoms with Gasteiger partial charge < -0.3 is 25.6 Å². The number of hydrogen-bond acceptors (Lipinski definition) is 4. The molecular formula is C19H31N5O3. The van der Waals surface area contributed by atoms with Crippen LogP contribution >= 0.6 is 0 Å². The molecule has 0 aromatic heterocycles. The average Bonchev–Trinajstić information content (AvgIpc) is 2.66. The van der Waals surface area contributed by atoms with E-state index < -0.39 is 0 Å². The minimum absolute atomic E-state index is 0.0146. The summed E-state index contributed by atoms with van der Waals surface area (Å²) in [5.41, 5.74) is 1.73. The normalized spacial score (nSPS) is 11.0. The van der Waals surface area contributed by atoms with Gasteiger partial charge in [0, 0.05) is 46.4 Å². The number of ether oxygens (including phenoxy) is 1. The van der Waals surface area contributed by atoms with E-state index in [1.807, 2.05) is 31.2 Å². The van der Waals surface area contributed by atoms with Crippen LogP contribution in [-0.2, 0) is 16.0 Å². The summed E-state index contributed by atoms with van der Waals surface area (Å²) in [6.07, 6.45) is 0.735. The first-order valence-electron chi connectivity index (χ1n) is 9.06. The number of carbonyl (C=O) groups excluding carboxylic acids is 2. The first-order valence-corrected chi connectivity index (χ1v) is 9.06. The third kappa shape index (κ3) is 9.05. The van der Waals surface area contributed by atoms with Gasteiger partial charge >= 0.3 is 0 Å². The number of amides is 2. The maximum Gasteiger partial charge on any atom is 0.253 e. The van der Waals surface area contributed by atoms with Crippen LogP contribution in [0.4, 0.5) is 0 Å². The molecule has 0 aliphatic carbocycles. The molecule has 0 aliphatic rings. The highest BCUT2D eigenvalue weighted by atomic mass is 16.5. The van der Waals surface area contributed by atoms with Crippen LogP contribution in [0.2, 0.25) is 0 Å². The number of nitrogens with zero attached hydrogens (tertiary/aromatic N) is 2. The molecule has 0 aliphatic heterocycles. The molecule has 1 aromatic rings. The Morgan fingerprint density at radius 1 is 1.15 bits per heavy atom. The molecule has 27 heavy (non-hydrogen) atoms. The van der Waals surface area contributed by atoms with Gasteiger partial charge in [0.25, 0.3) is 5.91 Å². The molecule has 8 nitrogen and oxygen atoms in total. The minimum atomic E-state index is -0.154. The number of hydrogen-bond donors (Lipinski definition) is 3. The molecular weight excluding hydrogens is 346 g/mol. The molecule has 1 rings (SSSR count). The van der Waals surface area contributed by atoms with Crippen molar-refractivity contribution < 1.29 is 14.3 Å². The Balaban J connectivity index is 2.52. The monoisotopic (exact) mass is 377 g/mol. The Morgan fingerprint density at radius 3 is 2.59 bits per heavy atom. The third-order valence-electron chi connectivity index (χ3n) is 3.64. The van der Waals surface area contributed by atoms with E-state index in [2.05, 4.69) is 20.9 Å². The number of methoxy groups -OCH3 is 1. The minimum Gasteiger partial charge on any atom is -0.383 e. The number of nitrogens with one attached hydrogen (secondary N) is 3. The smallest absolute Gasteiger partial charge is 0.253 e. The number of carbonyl (C=O) groups is 2. The van der Waals surface area contributed by atoms with Gasteiger partial charge in [-0.2, -0.15) is 0 Å². The van der Waals surface area contributed by atoms with Gasteiger partial charge in [0.2, 0.25) is 5.91 Å². The SMILES string of the molecule is CCNC(=NCC(=O)NCCOC)NCCc1cccc(C(=O)N(C)C)c1. The van der Waals surface area contributed by atoms with Crippen LogP contribution in [0.15, 0.2) is 29.3 Å². The molecule has 0 fully saturated rings. The lowest BCUT2D eigenvalue weighted by Gasteiger charge is -2.13. The van der Waals surface area contributed by atoms with Crippen molar-refractivity contribution in [3.63, 3.8) is 0 Å². The maximum atomic E-state index is 12.0. The van der Waals surface area contributed by atoms with Gasteiger partial charge in [0.1, 0.15) is 6.54 Å². The van der Waals surface area contributed by atoms with Gasteiger partial charge in [-0.3, -0.25) is 9.59 Å². The highest BCUT2D eigenvalue weighted by molar-refractivity contribution is 5.94. The van der Waals surface area contributed by atoms with Gasteiger partial charge in [-0.15, -0.1) is 0 Å². The lowest BCUT2D eigenvalue weighted by Crippen LogP contribution is -2.39. The van der Waals surface area contributed by atoms with E-state index in [1.165, 1.54) is 0 Å². The molecule has 0 saturated heterocycles. The highest BCUT2D eigenvalue weighted by Gasteiger charge is 2.08. The Kier molecular flexibility index (Phi) is 10.5. The van der Waals surface area contributed by atoms with Crippen LogP contribution in [0.25, 0.3) is 0 Å². The molecule has 0 spiro atoms. The van der Waals surface area contributed by atoms with Crippen LogP contribution < -0.4 is 16.0 Å². The van der Waals surface area contributed by atoms with Crippen molar-refractivity contribution in [3.8, 4) is 0 Å². The second kappa shape index (κ2) is 12.7. The van der Waals surface area contributed by atoms with E-state index >= 15 is 0 Å². The fourth-order valence-electron chi connectivity index (χ4n) is 2.28. The summed E-state index contributed by atoms with van der Waals surface area (Å²) >= 11 is 0. The lowest BCUT2D eigenvalue weighted by atomic mass is 10.1. The Morgan fingerprint density at radius 2 is 1.93 bits per heavy atom. The standard InChI is InChI=1S/C19H31N5O3/c1-5-20-19(23-14-17(25)21-11-12-27-4)22-10-9-15-7-6-8-16(13-15)18(26)24(2)3/h6-8,13H,5,9-12,14H2,1-4H3,(H,21,25)(H2,20,22,23). The number of aliphatic imine (C=N–C) groups is 1. The zero-order chi connectivity index (χ0) is 20.1. The fraction of sp³-hybridized carbons (Fsp3) is 0.526. The van der Waals surface area contributed by atoms with E-state index in [1.54, 1.807) is 26.1 Å². The van der Waals surface area contributed by atoms with Crippen molar-refractivity contribution in [2.45, 2.75) is 13.3 Å². The zero-order valence-corrected chi connectivity index (χ0v) is 16.7. The predicted octanol–water partition coefficient (Wildman–Crippen LogP) is 0.249. The topological polar surface area (TPSA) is 95.1 Å². The number of guanidine groups is 1. The average molecular weight is 377 g/mol. The van der Waals surface area contributed by atoms with Crippen LogP contribution in [0.5, 0.6) is 0 Å². The highest BCUT2D eigenvalue weighted by Crippen LogP contribution is 2.07. The summed E-state index contributed by atoms with van der Waals surface area (Å²) in [6, 6.07) is 7.58. The zero-order valence-electron chi connectivity index (χ0n) is 16.7. The second-order valence-corrected chi connectivity index (χ2v) is 6.11. The van der Waals surface area contributed by atoms with Crippen LogP contribution in [0.1, 0.15) is 22.8 Å². The van der Waals surface area contributed by atoms with Crippen molar-refractivity contribution in [1.29, 1.82) is 0 Å². The molecule has 8 heteroatoms. The molecule has 0 heterocycles. The molecule has 1 aromatic carbocycles. The molecule has 150 valence electrons. The van der Waals surface area contributed by atoms with Crippen molar-refractivity contribution in [1.82, 2.24) is 20.9 Å². The molecule has 0 atom stereocenters.